The largest absolute Gasteiger partial charge is 0.389 e. The fourth-order valence-electron chi connectivity index (χ4n) is 1.02. The zero-order chi connectivity index (χ0) is 8.27. The van der Waals surface area contributed by atoms with Crippen LogP contribution in [-0.2, 0) is 13.0 Å². The molecule has 0 saturated heterocycles. The molecule has 0 bridgehead atoms. The smallest absolute Gasteiger partial charge is 0.119 e. The third-order valence-corrected chi connectivity index (χ3v) is 2.56. The van der Waals surface area contributed by atoms with Crippen molar-refractivity contribution in [2.75, 3.05) is 0 Å². The van der Waals surface area contributed by atoms with Crippen molar-refractivity contribution in [3.8, 4) is 0 Å². The van der Waals surface area contributed by atoms with Gasteiger partial charge in [0.15, 0.2) is 0 Å². The number of rotatable bonds is 3. The highest BCUT2D eigenvalue weighted by atomic mass is 32.1. The molecule has 0 radical (unpaired) electrons. The molecule has 3 heteroatoms. The number of aromatic nitrogens is 1. The lowest BCUT2D eigenvalue weighted by Gasteiger charge is -1.91. The second-order valence-corrected chi connectivity index (χ2v) is 3.81. The molecule has 0 saturated carbocycles. The highest BCUT2D eigenvalue weighted by Crippen LogP contribution is 2.18. The van der Waals surface area contributed by atoms with Gasteiger partial charge in [-0.25, -0.2) is 4.98 Å². The molecule has 1 aromatic heterocycles. The summed E-state index contributed by atoms with van der Waals surface area (Å²) in [4.78, 5) is 5.53. The number of thiazole rings is 1. The monoisotopic (exact) mass is 171 g/mol. The third-order valence-electron chi connectivity index (χ3n) is 1.56. The van der Waals surface area contributed by atoms with Crippen molar-refractivity contribution < 1.29 is 5.11 Å². The standard InChI is InChI=1S/C8H13NOS/c1-3-4-7-6(2)11-8(5-10)9-7/h10H,3-5H2,1-2H3. The zero-order valence-electron chi connectivity index (χ0n) is 6.92. The SMILES string of the molecule is CCCc1nc(CO)sc1C. The molecule has 0 aliphatic carbocycles. The van der Waals surface area contributed by atoms with Gasteiger partial charge in [0.25, 0.3) is 0 Å². The van der Waals surface area contributed by atoms with Crippen LogP contribution in [0.15, 0.2) is 0 Å². The summed E-state index contributed by atoms with van der Waals surface area (Å²) in [7, 11) is 0. The number of hydrogen-bond donors (Lipinski definition) is 1. The summed E-state index contributed by atoms with van der Waals surface area (Å²) in [6.45, 7) is 4.27. The molecular formula is C8H13NOS. The fraction of sp³-hybridized carbons (Fsp3) is 0.625. The number of aryl methyl sites for hydroxylation is 2. The van der Waals surface area contributed by atoms with Crippen LogP contribution in [0.3, 0.4) is 0 Å². The van der Waals surface area contributed by atoms with E-state index in [-0.39, 0.29) is 6.61 Å². The molecular weight excluding hydrogens is 158 g/mol. The molecule has 0 fully saturated rings. The number of hydrogen-bond acceptors (Lipinski definition) is 3. The lowest BCUT2D eigenvalue weighted by Crippen LogP contribution is -1.87. The number of aliphatic hydroxyl groups is 1. The van der Waals surface area contributed by atoms with Gasteiger partial charge in [0.1, 0.15) is 5.01 Å². The first kappa shape index (κ1) is 8.68. The Morgan fingerprint density at radius 1 is 1.55 bits per heavy atom. The van der Waals surface area contributed by atoms with Crippen LogP contribution in [0.2, 0.25) is 0 Å². The van der Waals surface area contributed by atoms with Crippen LogP contribution in [-0.4, -0.2) is 10.1 Å². The predicted octanol–water partition coefficient (Wildman–Crippen LogP) is 1.90. The first-order valence-electron chi connectivity index (χ1n) is 3.84. The lowest BCUT2D eigenvalue weighted by molar-refractivity contribution is 0.281. The summed E-state index contributed by atoms with van der Waals surface area (Å²) >= 11 is 1.59. The van der Waals surface area contributed by atoms with Crippen LogP contribution < -0.4 is 0 Å². The second kappa shape index (κ2) is 3.83. The molecule has 0 aliphatic rings. The topological polar surface area (TPSA) is 33.1 Å². The summed E-state index contributed by atoms with van der Waals surface area (Å²) in [5, 5.41) is 9.63. The van der Waals surface area contributed by atoms with Gasteiger partial charge in [-0.05, 0) is 13.3 Å². The molecule has 0 unspecified atom stereocenters. The normalized spacial score (nSPS) is 10.5. The van der Waals surface area contributed by atoms with Crippen molar-refractivity contribution in [1.29, 1.82) is 0 Å². The van der Waals surface area contributed by atoms with E-state index >= 15 is 0 Å². The molecule has 0 aromatic carbocycles. The average Bonchev–Trinajstić information content (AvgIpc) is 2.33. The lowest BCUT2D eigenvalue weighted by atomic mass is 10.2. The third kappa shape index (κ3) is 2.01. The predicted molar refractivity (Wildman–Crippen MR) is 46.8 cm³/mol. The van der Waals surface area contributed by atoms with E-state index in [0.717, 1.165) is 23.5 Å². The Labute approximate surface area is 70.9 Å². The van der Waals surface area contributed by atoms with Gasteiger partial charge in [0.2, 0.25) is 0 Å². The maximum atomic E-state index is 8.79. The highest BCUT2D eigenvalue weighted by molar-refractivity contribution is 7.11. The quantitative estimate of drug-likeness (QED) is 0.753. The van der Waals surface area contributed by atoms with Gasteiger partial charge >= 0.3 is 0 Å². The van der Waals surface area contributed by atoms with Gasteiger partial charge in [-0.2, -0.15) is 0 Å². The molecule has 1 heterocycles. The van der Waals surface area contributed by atoms with Crippen molar-refractivity contribution >= 4 is 11.3 Å². The van der Waals surface area contributed by atoms with Gasteiger partial charge in [0, 0.05) is 4.88 Å². The minimum absolute atomic E-state index is 0.0786. The summed E-state index contributed by atoms with van der Waals surface area (Å²) < 4.78 is 0. The summed E-state index contributed by atoms with van der Waals surface area (Å²) in [6, 6.07) is 0. The van der Waals surface area contributed by atoms with Gasteiger partial charge in [-0.1, -0.05) is 13.3 Å². The molecule has 0 atom stereocenters. The van der Waals surface area contributed by atoms with Gasteiger partial charge in [0.05, 0.1) is 12.3 Å². The maximum absolute atomic E-state index is 8.79. The summed E-state index contributed by atoms with van der Waals surface area (Å²) in [5.74, 6) is 0. The fourth-order valence-corrected chi connectivity index (χ4v) is 1.86. The van der Waals surface area contributed by atoms with E-state index in [9.17, 15) is 0 Å². The van der Waals surface area contributed by atoms with Crippen molar-refractivity contribution in [1.82, 2.24) is 4.98 Å². The van der Waals surface area contributed by atoms with Crippen LogP contribution in [0.1, 0.15) is 28.9 Å². The van der Waals surface area contributed by atoms with Crippen LogP contribution in [0.4, 0.5) is 0 Å². The number of aliphatic hydroxyl groups excluding tert-OH is 1. The van der Waals surface area contributed by atoms with Crippen molar-refractivity contribution in [3.63, 3.8) is 0 Å². The number of nitrogens with zero attached hydrogens (tertiary/aromatic N) is 1. The van der Waals surface area contributed by atoms with E-state index < -0.39 is 0 Å². The molecule has 62 valence electrons. The Hall–Kier alpha value is -0.410. The molecule has 1 rings (SSSR count). The van der Waals surface area contributed by atoms with E-state index in [1.54, 1.807) is 11.3 Å². The minimum atomic E-state index is 0.0786. The Morgan fingerprint density at radius 2 is 2.27 bits per heavy atom. The molecule has 0 aliphatic heterocycles. The Morgan fingerprint density at radius 3 is 2.73 bits per heavy atom. The molecule has 0 amide bonds. The zero-order valence-corrected chi connectivity index (χ0v) is 7.74. The van der Waals surface area contributed by atoms with Gasteiger partial charge < -0.3 is 5.11 Å². The van der Waals surface area contributed by atoms with Crippen LogP contribution >= 0.6 is 11.3 Å². The second-order valence-electron chi connectivity index (χ2n) is 2.52. The van der Waals surface area contributed by atoms with Crippen LogP contribution in [0.25, 0.3) is 0 Å². The van der Waals surface area contributed by atoms with Crippen molar-refractivity contribution in [2.24, 2.45) is 0 Å². The Balaban J connectivity index is 2.79. The van der Waals surface area contributed by atoms with E-state index in [4.69, 9.17) is 5.11 Å². The summed E-state index contributed by atoms with van der Waals surface area (Å²) in [5.41, 5.74) is 1.15. The molecule has 11 heavy (non-hydrogen) atoms. The van der Waals surface area contributed by atoms with Crippen molar-refractivity contribution in [2.45, 2.75) is 33.3 Å². The molecule has 2 nitrogen and oxygen atoms in total. The molecule has 0 spiro atoms. The first-order chi connectivity index (χ1) is 5.27. The maximum Gasteiger partial charge on any atom is 0.119 e. The Kier molecular flexibility index (Phi) is 3.02. The van der Waals surface area contributed by atoms with Crippen molar-refractivity contribution in [3.05, 3.63) is 15.6 Å². The van der Waals surface area contributed by atoms with Crippen LogP contribution in [0.5, 0.6) is 0 Å². The molecule has 1 aromatic rings. The van der Waals surface area contributed by atoms with E-state index in [1.165, 1.54) is 4.88 Å². The van der Waals surface area contributed by atoms with E-state index in [0.29, 0.717) is 0 Å². The average molecular weight is 171 g/mol. The summed E-state index contributed by atoms with van der Waals surface area (Å²) in [6.07, 6.45) is 2.15. The van der Waals surface area contributed by atoms with Gasteiger partial charge in [-0.15, -0.1) is 11.3 Å². The minimum Gasteiger partial charge on any atom is -0.389 e. The van der Waals surface area contributed by atoms with Crippen LogP contribution in [0, 0.1) is 6.92 Å². The molecule has 1 N–H and O–H groups in total. The Bertz CT molecular complexity index is 232. The van der Waals surface area contributed by atoms with E-state index in [1.807, 2.05) is 0 Å². The van der Waals surface area contributed by atoms with E-state index in [2.05, 4.69) is 18.8 Å². The first-order valence-corrected chi connectivity index (χ1v) is 4.65. The highest BCUT2D eigenvalue weighted by Gasteiger charge is 2.04. The van der Waals surface area contributed by atoms with Gasteiger partial charge in [-0.3, -0.25) is 0 Å².